The van der Waals surface area contributed by atoms with Crippen LogP contribution in [0.2, 0.25) is 5.02 Å². The molecule has 1 fully saturated rings. The molecule has 1 aliphatic rings. The fraction of sp³-hybridized carbons (Fsp3) is 0.333. The molecular formula is C21H24BrClN4O2. The first-order valence-electron chi connectivity index (χ1n) is 9.38. The molecule has 8 heteroatoms. The number of hydrogen-bond donors (Lipinski definition) is 1. The zero-order valence-electron chi connectivity index (χ0n) is 16.3. The van der Waals surface area contributed by atoms with Crippen molar-refractivity contribution in [1.82, 2.24) is 15.2 Å². The minimum atomic E-state index is -0.117. The van der Waals surface area contributed by atoms with Crippen LogP contribution in [0.15, 0.2) is 52.0 Å². The molecule has 0 radical (unpaired) electrons. The summed E-state index contributed by atoms with van der Waals surface area (Å²) in [6.07, 6.45) is 1.61. The highest BCUT2D eigenvalue weighted by molar-refractivity contribution is 9.10. The highest BCUT2D eigenvalue weighted by Gasteiger charge is 2.19. The molecule has 1 amide bonds. The Labute approximate surface area is 184 Å². The van der Waals surface area contributed by atoms with E-state index < -0.39 is 0 Å². The van der Waals surface area contributed by atoms with E-state index >= 15 is 0 Å². The average molecular weight is 480 g/mol. The van der Waals surface area contributed by atoms with Crippen LogP contribution in [-0.2, 0) is 11.3 Å². The molecule has 1 heterocycles. The molecule has 0 aliphatic carbocycles. The van der Waals surface area contributed by atoms with Crippen molar-refractivity contribution < 1.29 is 9.53 Å². The number of hydrogen-bond acceptors (Lipinski definition) is 5. The lowest BCUT2D eigenvalue weighted by atomic mass is 10.2. The minimum Gasteiger partial charge on any atom is -0.496 e. The van der Waals surface area contributed by atoms with E-state index in [9.17, 15) is 4.79 Å². The number of nitrogens with one attached hydrogen (secondary N) is 1. The number of carbonyl (C=O) groups excluding carboxylic acids is 1. The van der Waals surface area contributed by atoms with Crippen LogP contribution in [0.5, 0.6) is 5.75 Å². The topological polar surface area (TPSA) is 57.2 Å². The number of piperazine rings is 1. The van der Waals surface area contributed by atoms with Crippen molar-refractivity contribution in [2.45, 2.75) is 6.54 Å². The van der Waals surface area contributed by atoms with E-state index in [1.807, 2.05) is 36.4 Å². The third kappa shape index (κ3) is 6.54. The Balaban J connectivity index is 1.40. The summed E-state index contributed by atoms with van der Waals surface area (Å²) in [5, 5.41) is 4.85. The van der Waals surface area contributed by atoms with Crippen LogP contribution in [0, 0.1) is 0 Å². The van der Waals surface area contributed by atoms with Gasteiger partial charge in [-0.15, -0.1) is 0 Å². The van der Waals surface area contributed by atoms with Crippen molar-refractivity contribution in [3.63, 3.8) is 0 Å². The standard InChI is InChI=1S/C21H24BrClN4O2/c1-29-20-7-6-16(12-18(20)22)13-24-25-21(28)15-27-10-8-26(9-11-27)14-17-4-2-3-5-19(17)23/h2-7,12-13H,8-11,14-15H2,1H3,(H,25,28)/b24-13-. The summed E-state index contributed by atoms with van der Waals surface area (Å²) in [6, 6.07) is 13.5. The maximum absolute atomic E-state index is 12.2. The molecule has 0 bridgehead atoms. The summed E-state index contributed by atoms with van der Waals surface area (Å²) in [5.74, 6) is 0.633. The second-order valence-electron chi connectivity index (χ2n) is 6.83. The van der Waals surface area contributed by atoms with Crippen molar-refractivity contribution in [2.24, 2.45) is 5.10 Å². The lowest BCUT2D eigenvalue weighted by molar-refractivity contribution is -0.122. The highest BCUT2D eigenvalue weighted by atomic mass is 79.9. The number of methoxy groups -OCH3 is 1. The summed E-state index contributed by atoms with van der Waals surface area (Å²) in [5.41, 5.74) is 4.60. The lowest BCUT2D eigenvalue weighted by Gasteiger charge is -2.34. The largest absolute Gasteiger partial charge is 0.496 e. The molecule has 6 nitrogen and oxygen atoms in total. The van der Waals surface area contributed by atoms with Gasteiger partial charge in [-0.1, -0.05) is 29.8 Å². The van der Waals surface area contributed by atoms with Gasteiger partial charge in [-0.05, 0) is 51.3 Å². The van der Waals surface area contributed by atoms with E-state index in [1.54, 1.807) is 13.3 Å². The Bertz CT molecular complexity index is 870. The van der Waals surface area contributed by atoms with E-state index in [4.69, 9.17) is 16.3 Å². The SMILES string of the molecule is COc1ccc(/C=N\NC(=O)CN2CCN(Cc3ccccc3Cl)CC2)cc1Br. The zero-order valence-corrected chi connectivity index (χ0v) is 18.6. The molecule has 29 heavy (non-hydrogen) atoms. The van der Waals surface area contributed by atoms with Gasteiger partial charge in [-0.3, -0.25) is 14.6 Å². The highest BCUT2D eigenvalue weighted by Crippen LogP contribution is 2.24. The molecule has 0 aromatic heterocycles. The third-order valence-corrected chi connectivity index (χ3v) is 5.75. The Morgan fingerprint density at radius 2 is 1.93 bits per heavy atom. The van der Waals surface area contributed by atoms with Crippen LogP contribution in [0.4, 0.5) is 0 Å². The summed E-state index contributed by atoms with van der Waals surface area (Å²) in [4.78, 5) is 16.7. The Morgan fingerprint density at radius 3 is 2.62 bits per heavy atom. The van der Waals surface area contributed by atoms with E-state index in [-0.39, 0.29) is 5.91 Å². The van der Waals surface area contributed by atoms with Gasteiger partial charge in [-0.2, -0.15) is 5.10 Å². The van der Waals surface area contributed by atoms with Crippen LogP contribution >= 0.6 is 27.5 Å². The number of nitrogens with zero attached hydrogens (tertiary/aromatic N) is 3. The molecule has 0 atom stereocenters. The second kappa shape index (κ2) is 10.7. The fourth-order valence-electron chi connectivity index (χ4n) is 3.15. The molecule has 154 valence electrons. The zero-order chi connectivity index (χ0) is 20.6. The normalized spacial score (nSPS) is 15.6. The van der Waals surface area contributed by atoms with E-state index in [2.05, 4.69) is 42.3 Å². The van der Waals surface area contributed by atoms with Crippen molar-refractivity contribution in [3.8, 4) is 5.75 Å². The van der Waals surface area contributed by atoms with Crippen molar-refractivity contribution >= 4 is 39.7 Å². The van der Waals surface area contributed by atoms with E-state index in [0.29, 0.717) is 6.54 Å². The van der Waals surface area contributed by atoms with Gasteiger partial charge in [0.1, 0.15) is 5.75 Å². The number of rotatable bonds is 7. The first kappa shape index (κ1) is 21.8. The Kier molecular flexibility index (Phi) is 8.06. The average Bonchev–Trinajstić information content (AvgIpc) is 2.71. The van der Waals surface area contributed by atoms with Gasteiger partial charge in [0.25, 0.3) is 5.91 Å². The van der Waals surface area contributed by atoms with Gasteiger partial charge in [0.2, 0.25) is 0 Å². The van der Waals surface area contributed by atoms with Crippen molar-refractivity contribution in [1.29, 1.82) is 0 Å². The number of hydrazone groups is 1. The van der Waals surface area contributed by atoms with Gasteiger partial charge in [-0.25, -0.2) is 5.43 Å². The maximum atomic E-state index is 12.2. The van der Waals surface area contributed by atoms with Gasteiger partial charge in [0, 0.05) is 37.7 Å². The fourth-order valence-corrected chi connectivity index (χ4v) is 3.91. The van der Waals surface area contributed by atoms with Crippen LogP contribution in [0.1, 0.15) is 11.1 Å². The molecular weight excluding hydrogens is 456 g/mol. The summed E-state index contributed by atoms with van der Waals surface area (Å²) in [6.45, 7) is 4.66. The maximum Gasteiger partial charge on any atom is 0.254 e. The molecule has 0 unspecified atom stereocenters. The van der Waals surface area contributed by atoms with Crippen LogP contribution in [0.3, 0.4) is 0 Å². The quantitative estimate of drug-likeness (QED) is 0.489. The predicted octanol–water partition coefficient (Wildman–Crippen LogP) is 3.38. The lowest BCUT2D eigenvalue weighted by Crippen LogP contribution is -2.48. The molecule has 1 aliphatic heterocycles. The number of carbonyl (C=O) groups is 1. The Morgan fingerprint density at radius 1 is 1.21 bits per heavy atom. The number of halogens is 2. The minimum absolute atomic E-state index is 0.117. The van der Waals surface area contributed by atoms with E-state index in [1.165, 1.54) is 0 Å². The third-order valence-electron chi connectivity index (χ3n) is 4.76. The molecule has 2 aromatic carbocycles. The number of ether oxygens (including phenoxy) is 1. The monoisotopic (exact) mass is 478 g/mol. The van der Waals surface area contributed by atoms with Gasteiger partial charge in [0.15, 0.2) is 0 Å². The molecule has 1 N–H and O–H groups in total. The summed E-state index contributed by atoms with van der Waals surface area (Å²) >= 11 is 9.68. The van der Waals surface area contributed by atoms with Crippen LogP contribution in [-0.4, -0.2) is 61.8 Å². The van der Waals surface area contributed by atoms with Crippen LogP contribution in [0.25, 0.3) is 0 Å². The molecule has 0 saturated carbocycles. The first-order valence-corrected chi connectivity index (χ1v) is 10.6. The number of amides is 1. The summed E-state index contributed by atoms with van der Waals surface area (Å²) in [7, 11) is 1.62. The smallest absolute Gasteiger partial charge is 0.254 e. The second-order valence-corrected chi connectivity index (χ2v) is 8.09. The number of benzene rings is 2. The van der Waals surface area contributed by atoms with Crippen molar-refractivity contribution in [2.75, 3.05) is 39.8 Å². The first-order chi connectivity index (χ1) is 14.0. The van der Waals surface area contributed by atoms with E-state index in [0.717, 1.165) is 59.1 Å². The molecule has 0 spiro atoms. The summed E-state index contributed by atoms with van der Waals surface area (Å²) < 4.78 is 6.04. The van der Waals surface area contributed by atoms with Gasteiger partial charge in [0.05, 0.1) is 24.3 Å². The molecule has 2 aromatic rings. The molecule has 1 saturated heterocycles. The molecule has 3 rings (SSSR count). The van der Waals surface area contributed by atoms with Gasteiger partial charge >= 0.3 is 0 Å². The van der Waals surface area contributed by atoms with Crippen LogP contribution < -0.4 is 10.2 Å². The predicted molar refractivity (Wildman–Crippen MR) is 120 cm³/mol. The van der Waals surface area contributed by atoms with Gasteiger partial charge < -0.3 is 4.74 Å². The van der Waals surface area contributed by atoms with Crippen molar-refractivity contribution in [3.05, 3.63) is 63.1 Å². The Hall–Kier alpha value is -1.93.